The molecule has 1 aromatic carbocycles. The summed E-state index contributed by atoms with van der Waals surface area (Å²) in [5, 5.41) is 6.92. The Kier molecular flexibility index (Phi) is 5.03. The Morgan fingerprint density at radius 3 is 2.62 bits per heavy atom. The largest absolute Gasteiger partial charge is 0.382 e. The van der Waals surface area contributed by atoms with Crippen LogP contribution in [0, 0.1) is 12.7 Å². The summed E-state index contributed by atoms with van der Waals surface area (Å²) in [7, 11) is 0. The molecule has 2 N–H and O–H groups in total. The molecule has 0 aromatic heterocycles. The maximum atomic E-state index is 13.3. The van der Waals surface area contributed by atoms with Gasteiger partial charge >= 0.3 is 0 Å². The zero-order valence-electron chi connectivity index (χ0n) is 9.90. The molecule has 2 nitrogen and oxygen atoms in total. The van der Waals surface area contributed by atoms with Gasteiger partial charge in [-0.2, -0.15) is 0 Å². The molecule has 0 bridgehead atoms. The molecule has 0 unspecified atom stereocenters. The van der Waals surface area contributed by atoms with Crippen molar-refractivity contribution >= 4 is 17.3 Å². The Morgan fingerprint density at radius 2 is 2.00 bits per heavy atom. The number of aryl methyl sites for hydroxylation is 1. The first-order chi connectivity index (χ1) is 7.50. The smallest absolute Gasteiger partial charge is 0.128 e. The van der Waals surface area contributed by atoms with Crippen LogP contribution in [-0.4, -0.2) is 19.1 Å². The average molecular weight is 245 g/mol. The molecule has 0 atom stereocenters. The van der Waals surface area contributed by atoms with E-state index in [2.05, 4.69) is 24.5 Å². The quantitative estimate of drug-likeness (QED) is 0.778. The SMILES string of the molecule is Cc1cc(Cl)c(NCCNC(C)C)cc1F. The number of nitrogens with one attached hydrogen (secondary N) is 2. The van der Waals surface area contributed by atoms with Gasteiger partial charge in [0, 0.05) is 19.1 Å². The van der Waals surface area contributed by atoms with Crippen molar-refractivity contribution in [3.8, 4) is 0 Å². The van der Waals surface area contributed by atoms with Gasteiger partial charge in [-0.3, -0.25) is 0 Å². The van der Waals surface area contributed by atoms with E-state index in [4.69, 9.17) is 11.6 Å². The van der Waals surface area contributed by atoms with Crippen LogP contribution in [0.3, 0.4) is 0 Å². The van der Waals surface area contributed by atoms with Crippen molar-refractivity contribution in [3.63, 3.8) is 0 Å². The van der Waals surface area contributed by atoms with Gasteiger partial charge in [-0.25, -0.2) is 4.39 Å². The van der Waals surface area contributed by atoms with Crippen molar-refractivity contribution in [2.45, 2.75) is 26.8 Å². The first-order valence-corrected chi connectivity index (χ1v) is 5.81. The fraction of sp³-hybridized carbons (Fsp3) is 0.500. The molecule has 0 radical (unpaired) electrons. The normalized spacial score (nSPS) is 10.9. The maximum absolute atomic E-state index is 13.3. The summed E-state index contributed by atoms with van der Waals surface area (Å²) >= 11 is 5.99. The lowest BCUT2D eigenvalue weighted by Gasteiger charge is -2.12. The first kappa shape index (κ1) is 13.3. The molecule has 0 saturated heterocycles. The molecule has 1 aromatic rings. The Labute approximate surface area is 101 Å². The van der Waals surface area contributed by atoms with E-state index in [0.717, 1.165) is 13.1 Å². The summed E-state index contributed by atoms with van der Waals surface area (Å²) in [5.74, 6) is -0.233. The summed E-state index contributed by atoms with van der Waals surface area (Å²) in [6.45, 7) is 7.41. The molecule has 1 rings (SSSR count). The molecule has 0 spiro atoms. The van der Waals surface area contributed by atoms with Crippen LogP contribution < -0.4 is 10.6 Å². The summed E-state index contributed by atoms with van der Waals surface area (Å²) in [5.41, 5.74) is 1.21. The van der Waals surface area contributed by atoms with Crippen molar-refractivity contribution < 1.29 is 4.39 Å². The van der Waals surface area contributed by atoms with Crippen LogP contribution in [0.25, 0.3) is 0 Å². The molecule has 0 amide bonds. The summed E-state index contributed by atoms with van der Waals surface area (Å²) in [6.07, 6.45) is 0. The van der Waals surface area contributed by atoms with E-state index in [0.29, 0.717) is 22.3 Å². The van der Waals surface area contributed by atoms with Crippen LogP contribution in [-0.2, 0) is 0 Å². The fourth-order valence-corrected chi connectivity index (χ4v) is 1.62. The van der Waals surface area contributed by atoms with Gasteiger partial charge in [0.25, 0.3) is 0 Å². The Hall–Kier alpha value is -0.800. The Bertz CT molecular complexity index is 353. The topological polar surface area (TPSA) is 24.1 Å². The number of benzene rings is 1. The molecule has 0 aliphatic rings. The van der Waals surface area contributed by atoms with E-state index < -0.39 is 0 Å². The molecular formula is C12H18ClFN2. The van der Waals surface area contributed by atoms with Crippen LogP contribution in [0.15, 0.2) is 12.1 Å². The standard InChI is InChI=1S/C12H18ClFN2/c1-8(2)15-4-5-16-12-7-11(14)9(3)6-10(12)13/h6-8,15-16H,4-5H2,1-3H3. The predicted molar refractivity (Wildman–Crippen MR) is 67.8 cm³/mol. The van der Waals surface area contributed by atoms with Crippen molar-refractivity contribution in [3.05, 3.63) is 28.5 Å². The molecule has 16 heavy (non-hydrogen) atoms. The first-order valence-electron chi connectivity index (χ1n) is 5.43. The molecule has 4 heteroatoms. The van der Waals surface area contributed by atoms with E-state index in [1.54, 1.807) is 13.0 Å². The molecule has 0 aliphatic heterocycles. The third-order valence-corrected chi connectivity index (χ3v) is 2.55. The van der Waals surface area contributed by atoms with Gasteiger partial charge < -0.3 is 10.6 Å². The number of hydrogen-bond acceptors (Lipinski definition) is 2. The van der Waals surface area contributed by atoms with E-state index >= 15 is 0 Å². The van der Waals surface area contributed by atoms with E-state index in [1.807, 2.05) is 0 Å². The molecular weight excluding hydrogens is 227 g/mol. The molecule has 90 valence electrons. The van der Waals surface area contributed by atoms with E-state index in [-0.39, 0.29) is 5.82 Å². The monoisotopic (exact) mass is 244 g/mol. The second-order valence-corrected chi connectivity index (χ2v) is 4.52. The Morgan fingerprint density at radius 1 is 1.31 bits per heavy atom. The zero-order valence-corrected chi connectivity index (χ0v) is 10.7. The average Bonchev–Trinajstić information content (AvgIpc) is 2.19. The minimum absolute atomic E-state index is 0.233. The summed E-state index contributed by atoms with van der Waals surface area (Å²) < 4.78 is 13.3. The van der Waals surface area contributed by atoms with Gasteiger partial charge in [0.2, 0.25) is 0 Å². The van der Waals surface area contributed by atoms with Crippen LogP contribution in [0.1, 0.15) is 19.4 Å². The minimum atomic E-state index is -0.233. The minimum Gasteiger partial charge on any atom is -0.382 e. The van der Waals surface area contributed by atoms with Gasteiger partial charge in [-0.1, -0.05) is 25.4 Å². The van der Waals surface area contributed by atoms with Crippen molar-refractivity contribution in [1.29, 1.82) is 0 Å². The third-order valence-electron chi connectivity index (χ3n) is 2.24. The number of rotatable bonds is 5. The lowest BCUT2D eigenvalue weighted by Crippen LogP contribution is -2.28. The van der Waals surface area contributed by atoms with Crippen LogP contribution in [0.2, 0.25) is 5.02 Å². The number of halogens is 2. The lowest BCUT2D eigenvalue weighted by molar-refractivity contribution is 0.601. The highest BCUT2D eigenvalue weighted by atomic mass is 35.5. The van der Waals surface area contributed by atoms with E-state index in [1.165, 1.54) is 6.07 Å². The molecule has 0 fully saturated rings. The van der Waals surface area contributed by atoms with E-state index in [9.17, 15) is 4.39 Å². The highest BCUT2D eigenvalue weighted by molar-refractivity contribution is 6.33. The number of anilines is 1. The summed E-state index contributed by atoms with van der Waals surface area (Å²) in [6, 6.07) is 3.52. The second kappa shape index (κ2) is 6.06. The van der Waals surface area contributed by atoms with Crippen molar-refractivity contribution in [2.75, 3.05) is 18.4 Å². The lowest BCUT2D eigenvalue weighted by atomic mass is 10.2. The van der Waals surface area contributed by atoms with Gasteiger partial charge in [-0.15, -0.1) is 0 Å². The maximum Gasteiger partial charge on any atom is 0.128 e. The van der Waals surface area contributed by atoms with Gasteiger partial charge in [0.15, 0.2) is 0 Å². The number of hydrogen-bond donors (Lipinski definition) is 2. The fourth-order valence-electron chi connectivity index (χ4n) is 1.34. The predicted octanol–water partition coefficient (Wildman–Crippen LogP) is 3.20. The molecule has 0 heterocycles. The second-order valence-electron chi connectivity index (χ2n) is 4.12. The summed E-state index contributed by atoms with van der Waals surface area (Å²) in [4.78, 5) is 0. The third kappa shape index (κ3) is 3.99. The zero-order chi connectivity index (χ0) is 12.1. The molecule has 0 aliphatic carbocycles. The van der Waals surface area contributed by atoms with Crippen LogP contribution in [0.5, 0.6) is 0 Å². The van der Waals surface area contributed by atoms with Crippen LogP contribution >= 0.6 is 11.6 Å². The Balaban J connectivity index is 2.51. The highest BCUT2D eigenvalue weighted by Crippen LogP contribution is 2.24. The van der Waals surface area contributed by atoms with Crippen molar-refractivity contribution in [1.82, 2.24) is 5.32 Å². The molecule has 0 saturated carbocycles. The van der Waals surface area contributed by atoms with Gasteiger partial charge in [-0.05, 0) is 24.6 Å². The van der Waals surface area contributed by atoms with Crippen molar-refractivity contribution in [2.24, 2.45) is 0 Å². The van der Waals surface area contributed by atoms with Gasteiger partial charge in [0.1, 0.15) is 5.82 Å². The highest BCUT2D eigenvalue weighted by Gasteiger charge is 2.04. The van der Waals surface area contributed by atoms with Crippen LogP contribution in [0.4, 0.5) is 10.1 Å². The van der Waals surface area contributed by atoms with Gasteiger partial charge in [0.05, 0.1) is 10.7 Å².